The first-order valence-corrected chi connectivity index (χ1v) is 5.45. The molecule has 2 aromatic heterocycles. The average Bonchev–Trinajstić information content (AvgIpc) is 2.86. The fourth-order valence-electron chi connectivity index (χ4n) is 1.30. The quantitative estimate of drug-likeness (QED) is 0.743. The van der Waals surface area contributed by atoms with E-state index in [9.17, 15) is 4.79 Å². The van der Waals surface area contributed by atoms with Gasteiger partial charge in [0.15, 0.2) is 5.78 Å². The van der Waals surface area contributed by atoms with Crippen LogP contribution in [0.2, 0.25) is 0 Å². The molecule has 15 heavy (non-hydrogen) atoms. The summed E-state index contributed by atoms with van der Waals surface area (Å²) in [4.78, 5) is 12.5. The van der Waals surface area contributed by atoms with E-state index in [-0.39, 0.29) is 12.2 Å². The van der Waals surface area contributed by atoms with Crippen molar-refractivity contribution in [3.05, 3.63) is 34.7 Å². The van der Waals surface area contributed by atoms with Gasteiger partial charge >= 0.3 is 0 Å². The Labute approximate surface area is 91.1 Å². The van der Waals surface area contributed by atoms with Gasteiger partial charge in [-0.25, -0.2) is 0 Å². The number of furan rings is 1. The molecule has 0 fully saturated rings. The van der Waals surface area contributed by atoms with Crippen molar-refractivity contribution in [2.75, 3.05) is 0 Å². The summed E-state index contributed by atoms with van der Waals surface area (Å²) in [7, 11) is 0. The molecule has 0 aromatic carbocycles. The number of Topliss-reactive ketones (excluding diaryl/α,β-unsaturated/α-hetero) is 1. The molecule has 0 saturated heterocycles. The first-order chi connectivity index (χ1) is 7.31. The van der Waals surface area contributed by atoms with Crippen molar-refractivity contribution in [1.82, 2.24) is 9.59 Å². The van der Waals surface area contributed by atoms with Crippen LogP contribution in [-0.4, -0.2) is 15.4 Å². The van der Waals surface area contributed by atoms with Crippen LogP contribution in [0.1, 0.15) is 28.0 Å². The molecule has 0 aliphatic carbocycles. The van der Waals surface area contributed by atoms with Gasteiger partial charge < -0.3 is 4.42 Å². The molecule has 2 rings (SSSR count). The van der Waals surface area contributed by atoms with Gasteiger partial charge in [-0.3, -0.25) is 4.79 Å². The normalized spacial score (nSPS) is 10.5. The Kier molecular flexibility index (Phi) is 2.91. The zero-order valence-corrected chi connectivity index (χ0v) is 9.08. The lowest BCUT2D eigenvalue weighted by Gasteiger charge is -1.95. The van der Waals surface area contributed by atoms with Gasteiger partial charge in [-0.15, -0.1) is 5.10 Å². The number of carbonyl (C=O) groups excluding carboxylic acids is 1. The summed E-state index contributed by atoms with van der Waals surface area (Å²) in [5.41, 5.74) is 0.775. The number of aryl methyl sites for hydroxylation is 1. The van der Waals surface area contributed by atoms with Crippen LogP contribution in [0, 0.1) is 0 Å². The largest absolute Gasteiger partial charge is 0.469 e. The molecule has 0 spiro atoms. The van der Waals surface area contributed by atoms with Gasteiger partial charge in [0.2, 0.25) is 0 Å². The first-order valence-electron chi connectivity index (χ1n) is 4.68. The van der Waals surface area contributed by atoms with E-state index in [0.29, 0.717) is 10.6 Å². The molecule has 0 radical (unpaired) electrons. The molecule has 0 bridgehead atoms. The zero-order valence-electron chi connectivity index (χ0n) is 8.27. The van der Waals surface area contributed by atoms with E-state index in [0.717, 1.165) is 23.6 Å². The highest BCUT2D eigenvalue weighted by Crippen LogP contribution is 2.15. The molecule has 0 unspecified atom stereocenters. The average molecular weight is 222 g/mol. The van der Waals surface area contributed by atoms with Crippen molar-refractivity contribution >= 4 is 17.3 Å². The maximum Gasteiger partial charge on any atom is 0.183 e. The van der Waals surface area contributed by atoms with Gasteiger partial charge in [0.05, 0.1) is 18.4 Å². The van der Waals surface area contributed by atoms with Crippen molar-refractivity contribution < 1.29 is 9.21 Å². The van der Waals surface area contributed by atoms with Crippen molar-refractivity contribution in [3.63, 3.8) is 0 Å². The van der Waals surface area contributed by atoms with Crippen molar-refractivity contribution in [1.29, 1.82) is 0 Å². The Bertz CT molecular complexity index is 448. The highest BCUT2D eigenvalue weighted by molar-refractivity contribution is 7.08. The lowest BCUT2D eigenvalue weighted by Crippen LogP contribution is -2.03. The third-order valence-electron chi connectivity index (χ3n) is 2.06. The van der Waals surface area contributed by atoms with Gasteiger partial charge in [0.25, 0.3) is 0 Å². The number of hydrogen-bond donors (Lipinski definition) is 0. The van der Waals surface area contributed by atoms with Crippen LogP contribution in [0.5, 0.6) is 0 Å². The van der Waals surface area contributed by atoms with E-state index in [2.05, 4.69) is 9.59 Å². The molecule has 0 N–H and O–H groups in total. The van der Waals surface area contributed by atoms with Crippen molar-refractivity contribution in [3.8, 4) is 0 Å². The highest BCUT2D eigenvalue weighted by Gasteiger charge is 2.16. The van der Waals surface area contributed by atoms with E-state index in [1.807, 2.05) is 6.92 Å². The Morgan fingerprint density at radius 3 is 3.13 bits per heavy atom. The summed E-state index contributed by atoms with van der Waals surface area (Å²) in [5, 5.41) is 3.90. The fraction of sp³-hybridized carbons (Fsp3) is 0.300. The summed E-state index contributed by atoms with van der Waals surface area (Å²) in [6.07, 6.45) is 2.58. The van der Waals surface area contributed by atoms with Crippen LogP contribution >= 0.6 is 11.5 Å². The predicted molar refractivity (Wildman–Crippen MR) is 56.0 cm³/mol. The Hall–Kier alpha value is -1.49. The number of ketones is 1. The number of rotatable bonds is 4. The predicted octanol–water partition coefficient (Wildman–Crippen LogP) is 2.12. The minimum absolute atomic E-state index is 0.0248. The molecule has 2 aromatic rings. The minimum Gasteiger partial charge on any atom is -0.469 e. The van der Waals surface area contributed by atoms with E-state index >= 15 is 0 Å². The fourth-order valence-corrected chi connectivity index (χ4v) is 1.99. The van der Waals surface area contributed by atoms with Gasteiger partial charge in [0.1, 0.15) is 10.6 Å². The molecule has 5 heteroatoms. The summed E-state index contributed by atoms with van der Waals surface area (Å²) < 4.78 is 8.90. The molecule has 4 nitrogen and oxygen atoms in total. The Balaban J connectivity index is 2.15. The molecule has 0 aliphatic heterocycles. The van der Waals surface area contributed by atoms with Crippen LogP contribution in [-0.2, 0) is 12.8 Å². The molecular formula is C10H10N2O2S. The van der Waals surface area contributed by atoms with Gasteiger partial charge in [-0.1, -0.05) is 11.4 Å². The second kappa shape index (κ2) is 4.35. The second-order valence-corrected chi connectivity index (χ2v) is 3.84. The van der Waals surface area contributed by atoms with E-state index in [4.69, 9.17) is 4.42 Å². The lowest BCUT2D eigenvalue weighted by molar-refractivity contribution is 0.0990. The number of hydrogen-bond acceptors (Lipinski definition) is 5. The number of carbonyl (C=O) groups is 1. The molecule has 0 atom stereocenters. The number of aromatic nitrogens is 2. The van der Waals surface area contributed by atoms with Crippen LogP contribution in [0.25, 0.3) is 0 Å². The van der Waals surface area contributed by atoms with Crippen molar-refractivity contribution in [2.45, 2.75) is 19.8 Å². The minimum atomic E-state index is 0.0248. The van der Waals surface area contributed by atoms with Gasteiger partial charge in [0, 0.05) is 0 Å². The van der Waals surface area contributed by atoms with Gasteiger partial charge in [-0.05, 0) is 30.1 Å². The molecule has 0 amide bonds. The third-order valence-corrected chi connectivity index (χ3v) is 2.87. The summed E-state index contributed by atoms with van der Waals surface area (Å²) in [5.74, 6) is 0.701. The van der Waals surface area contributed by atoms with E-state index < -0.39 is 0 Å². The molecule has 0 aliphatic rings. The Morgan fingerprint density at radius 1 is 1.60 bits per heavy atom. The lowest BCUT2D eigenvalue weighted by atomic mass is 10.1. The monoisotopic (exact) mass is 222 g/mol. The second-order valence-electron chi connectivity index (χ2n) is 3.08. The number of nitrogens with zero attached hydrogens (tertiary/aromatic N) is 2. The summed E-state index contributed by atoms with van der Waals surface area (Å²) in [6.45, 7) is 1.96. The van der Waals surface area contributed by atoms with Crippen molar-refractivity contribution in [2.24, 2.45) is 0 Å². The van der Waals surface area contributed by atoms with E-state index in [1.54, 1.807) is 18.4 Å². The van der Waals surface area contributed by atoms with Crippen LogP contribution in [0.4, 0.5) is 0 Å². The molecule has 0 saturated carbocycles. The molecule has 78 valence electrons. The highest BCUT2D eigenvalue weighted by atomic mass is 32.1. The van der Waals surface area contributed by atoms with Crippen LogP contribution in [0.15, 0.2) is 22.8 Å². The first kappa shape index (κ1) is 10.0. The third kappa shape index (κ3) is 2.12. The SMILES string of the molecule is CCc1nnsc1C(=O)Cc1ccco1. The Morgan fingerprint density at radius 2 is 2.47 bits per heavy atom. The maximum absolute atomic E-state index is 11.8. The summed E-state index contributed by atoms with van der Waals surface area (Å²) in [6, 6.07) is 3.56. The van der Waals surface area contributed by atoms with Crippen LogP contribution in [0.3, 0.4) is 0 Å². The smallest absolute Gasteiger partial charge is 0.183 e. The molecule has 2 heterocycles. The molecular weight excluding hydrogens is 212 g/mol. The van der Waals surface area contributed by atoms with Crippen LogP contribution < -0.4 is 0 Å². The summed E-state index contributed by atoms with van der Waals surface area (Å²) >= 11 is 1.15. The topological polar surface area (TPSA) is 56.0 Å². The zero-order chi connectivity index (χ0) is 10.7. The maximum atomic E-state index is 11.8. The van der Waals surface area contributed by atoms with E-state index in [1.165, 1.54) is 0 Å². The standard InChI is InChI=1S/C10H10N2O2S/c1-2-8-10(15-12-11-8)9(13)6-7-4-3-5-14-7/h3-5H,2,6H2,1H3. The van der Waals surface area contributed by atoms with Gasteiger partial charge in [-0.2, -0.15) is 0 Å².